The molecule has 2 saturated carbocycles. The number of methoxy groups -OCH3 is 1. The Kier molecular flexibility index (Phi) is 2.87. The van der Waals surface area contributed by atoms with Crippen LogP contribution < -0.4 is 0 Å². The first-order valence-electron chi connectivity index (χ1n) is 7.74. The van der Waals surface area contributed by atoms with Crippen LogP contribution in [0.5, 0.6) is 0 Å². The van der Waals surface area contributed by atoms with Gasteiger partial charge in [0.05, 0.1) is 7.11 Å². The van der Waals surface area contributed by atoms with Crippen LogP contribution in [0.15, 0.2) is 18.2 Å². The molecule has 4 nitrogen and oxygen atoms in total. The summed E-state index contributed by atoms with van der Waals surface area (Å²) in [4.78, 5) is 25.4. The van der Waals surface area contributed by atoms with Gasteiger partial charge < -0.3 is 9.64 Å². The van der Waals surface area contributed by atoms with Crippen LogP contribution in [-0.4, -0.2) is 43.1 Å². The molecule has 1 amide bonds. The zero-order chi connectivity index (χ0) is 16.4. The molecule has 1 aromatic rings. The maximum Gasteiger partial charge on any atom is 0.325 e. The van der Waals surface area contributed by atoms with Crippen LogP contribution in [0.25, 0.3) is 0 Å². The van der Waals surface area contributed by atoms with Crippen LogP contribution in [0.3, 0.4) is 0 Å². The summed E-state index contributed by atoms with van der Waals surface area (Å²) in [6.07, 6.45) is 0.174. The fourth-order valence-electron chi connectivity index (χ4n) is 3.54. The van der Waals surface area contributed by atoms with Gasteiger partial charge in [-0.25, -0.2) is 8.78 Å². The SMILES string of the molecule is COC(=O)CN1C[C@@]2(C[C@@H]2F)c2cc(C3(F)CC3)ccc2C1=O. The number of hydrogen-bond donors (Lipinski definition) is 0. The van der Waals surface area contributed by atoms with Crippen molar-refractivity contribution in [3.63, 3.8) is 0 Å². The predicted molar refractivity (Wildman–Crippen MR) is 77.6 cm³/mol. The van der Waals surface area contributed by atoms with Gasteiger partial charge in [0, 0.05) is 17.5 Å². The normalized spacial score (nSPS) is 30.1. The number of esters is 1. The minimum absolute atomic E-state index is 0.137. The Hall–Kier alpha value is -1.98. The van der Waals surface area contributed by atoms with Gasteiger partial charge in [-0.05, 0) is 36.5 Å². The van der Waals surface area contributed by atoms with E-state index in [1.54, 1.807) is 18.2 Å². The summed E-state index contributed by atoms with van der Waals surface area (Å²) < 4.78 is 33.1. The molecule has 0 saturated heterocycles. The summed E-state index contributed by atoms with van der Waals surface area (Å²) in [6, 6.07) is 4.84. The fourth-order valence-corrected chi connectivity index (χ4v) is 3.54. The first kappa shape index (κ1) is 14.6. The van der Waals surface area contributed by atoms with Crippen molar-refractivity contribution in [1.29, 1.82) is 0 Å². The van der Waals surface area contributed by atoms with E-state index < -0.39 is 23.2 Å². The summed E-state index contributed by atoms with van der Waals surface area (Å²) in [7, 11) is 1.25. The Morgan fingerprint density at radius 2 is 2.13 bits per heavy atom. The Balaban J connectivity index is 1.74. The third kappa shape index (κ3) is 2.07. The van der Waals surface area contributed by atoms with Crippen molar-refractivity contribution < 1.29 is 23.1 Å². The molecule has 0 bridgehead atoms. The smallest absolute Gasteiger partial charge is 0.325 e. The van der Waals surface area contributed by atoms with Gasteiger partial charge in [0.2, 0.25) is 0 Å². The Bertz CT molecular complexity index is 716. The summed E-state index contributed by atoms with van der Waals surface area (Å²) in [6.45, 7) is -0.0596. The van der Waals surface area contributed by atoms with E-state index in [2.05, 4.69) is 4.74 Å². The van der Waals surface area contributed by atoms with E-state index in [-0.39, 0.29) is 19.0 Å². The molecule has 4 rings (SSSR count). The van der Waals surface area contributed by atoms with Crippen LogP contribution in [-0.2, 0) is 20.6 Å². The summed E-state index contributed by atoms with van der Waals surface area (Å²) >= 11 is 0. The minimum atomic E-state index is -1.32. The molecule has 6 heteroatoms. The highest BCUT2D eigenvalue weighted by Crippen LogP contribution is 2.56. The van der Waals surface area contributed by atoms with Crippen LogP contribution in [0, 0.1) is 0 Å². The number of fused-ring (bicyclic) bond motifs is 2. The third-order valence-corrected chi connectivity index (χ3v) is 5.28. The summed E-state index contributed by atoms with van der Waals surface area (Å²) in [5.74, 6) is -0.865. The van der Waals surface area contributed by atoms with Gasteiger partial charge in [0.25, 0.3) is 5.91 Å². The number of alkyl halides is 2. The molecular formula is C17H17F2NO3. The standard InChI is InChI=1S/C17H17F2NO3/c1-23-14(21)8-20-9-16(7-13(16)18)12-6-10(17(19)4-5-17)2-3-11(12)15(20)22/h2-3,6,13H,4-5,7-9H2,1H3/t13-,16-/m0/s1. The van der Waals surface area contributed by atoms with Gasteiger partial charge in [-0.15, -0.1) is 0 Å². The molecule has 0 unspecified atom stereocenters. The molecule has 1 aliphatic heterocycles. The number of rotatable bonds is 3. The molecule has 0 radical (unpaired) electrons. The molecule has 122 valence electrons. The van der Waals surface area contributed by atoms with Gasteiger partial charge in [-0.2, -0.15) is 0 Å². The molecule has 3 aliphatic rings. The van der Waals surface area contributed by atoms with Gasteiger partial charge in [0.15, 0.2) is 0 Å². The van der Waals surface area contributed by atoms with E-state index in [4.69, 9.17) is 0 Å². The topological polar surface area (TPSA) is 46.6 Å². The molecule has 0 N–H and O–H groups in total. The number of carbonyl (C=O) groups excluding carboxylic acids is 2. The van der Waals surface area contributed by atoms with Gasteiger partial charge >= 0.3 is 5.97 Å². The van der Waals surface area contributed by atoms with Crippen molar-refractivity contribution in [2.75, 3.05) is 20.2 Å². The maximum absolute atomic E-state index is 14.3. The van der Waals surface area contributed by atoms with Crippen LogP contribution in [0.4, 0.5) is 8.78 Å². The maximum atomic E-state index is 14.3. The summed E-state index contributed by atoms with van der Waals surface area (Å²) in [5.41, 5.74) is -0.614. The summed E-state index contributed by atoms with van der Waals surface area (Å²) in [5, 5.41) is 0. The fraction of sp³-hybridized carbons (Fsp3) is 0.529. The number of halogens is 2. The molecule has 1 aromatic carbocycles. The molecule has 1 heterocycles. The number of benzene rings is 1. The lowest BCUT2D eigenvalue weighted by Crippen LogP contribution is -2.47. The molecular weight excluding hydrogens is 304 g/mol. The lowest BCUT2D eigenvalue weighted by Gasteiger charge is -2.34. The van der Waals surface area contributed by atoms with E-state index in [1.165, 1.54) is 12.0 Å². The van der Waals surface area contributed by atoms with E-state index in [0.29, 0.717) is 36.0 Å². The number of amides is 1. The molecule has 2 atom stereocenters. The van der Waals surface area contributed by atoms with E-state index in [1.807, 2.05) is 0 Å². The van der Waals surface area contributed by atoms with Crippen molar-refractivity contribution >= 4 is 11.9 Å². The van der Waals surface area contributed by atoms with Gasteiger partial charge in [-0.3, -0.25) is 9.59 Å². The van der Waals surface area contributed by atoms with Crippen LogP contribution >= 0.6 is 0 Å². The van der Waals surface area contributed by atoms with Crippen molar-refractivity contribution in [1.82, 2.24) is 4.90 Å². The Morgan fingerprint density at radius 1 is 1.43 bits per heavy atom. The van der Waals surface area contributed by atoms with E-state index in [0.717, 1.165) is 0 Å². The second-order valence-electron chi connectivity index (χ2n) is 6.79. The first-order chi connectivity index (χ1) is 10.9. The second kappa shape index (κ2) is 4.52. The minimum Gasteiger partial charge on any atom is -0.468 e. The number of ether oxygens (including phenoxy) is 1. The zero-order valence-corrected chi connectivity index (χ0v) is 12.8. The van der Waals surface area contributed by atoms with Crippen LogP contribution in [0.2, 0.25) is 0 Å². The van der Waals surface area contributed by atoms with E-state index in [9.17, 15) is 18.4 Å². The first-order valence-corrected chi connectivity index (χ1v) is 7.74. The average Bonchev–Trinajstić information content (AvgIpc) is 3.43. The number of nitrogens with zero attached hydrogens (tertiary/aromatic N) is 1. The quantitative estimate of drug-likeness (QED) is 0.802. The monoisotopic (exact) mass is 321 g/mol. The highest BCUT2D eigenvalue weighted by atomic mass is 19.1. The third-order valence-electron chi connectivity index (χ3n) is 5.28. The molecule has 2 fully saturated rings. The van der Waals surface area contributed by atoms with Crippen molar-refractivity contribution in [3.05, 3.63) is 34.9 Å². The van der Waals surface area contributed by atoms with Crippen molar-refractivity contribution in [2.24, 2.45) is 0 Å². The van der Waals surface area contributed by atoms with Gasteiger partial charge in [0.1, 0.15) is 18.4 Å². The molecule has 0 aromatic heterocycles. The zero-order valence-electron chi connectivity index (χ0n) is 12.8. The number of carbonyl (C=O) groups is 2. The highest BCUT2D eigenvalue weighted by molar-refractivity contribution is 5.99. The lowest BCUT2D eigenvalue weighted by atomic mass is 9.84. The Morgan fingerprint density at radius 3 is 2.70 bits per heavy atom. The number of hydrogen-bond acceptors (Lipinski definition) is 3. The van der Waals surface area contributed by atoms with E-state index >= 15 is 0 Å². The molecule has 2 aliphatic carbocycles. The van der Waals surface area contributed by atoms with Gasteiger partial charge in [-0.1, -0.05) is 12.1 Å². The van der Waals surface area contributed by atoms with Crippen LogP contribution in [0.1, 0.15) is 40.7 Å². The largest absolute Gasteiger partial charge is 0.468 e. The lowest BCUT2D eigenvalue weighted by molar-refractivity contribution is -0.141. The second-order valence-corrected chi connectivity index (χ2v) is 6.79. The molecule has 23 heavy (non-hydrogen) atoms. The van der Waals surface area contributed by atoms with Crippen molar-refractivity contribution in [2.45, 2.75) is 36.5 Å². The Labute approximate surface area is 132 Å². The van der Waals surface area contributed by atoms with Crippen molar-refractivity contribution in [3.8, 4) is 0 Å². The predicted octanol–water partition coefficient (Wildman–Crippen LogP) is 2.25. The highest BCUT2D eigenvalue weighted by Gasteiger charge is 2.61. The average molecular weight is 321 g/mol. The molecule has 1 spiro atoms.